The monoisotopic (exact) mass is 382 g/mol. The molecule has 0 saturated heterocycles. The van der Waals surface area contributed by atoms with Crippen molar-refractivity contribution in [2.75, 3.05) is 0 Å². The van der Waals surface area contributed by atoms with Crippen molar-refractivity contribution >= 4 is 0 Å². The molecule has 0 heteroatoms. The Morgan fingerprint density at radius 3 is 2.07 bits per heavy atom. The van der Waals surface area contributed by atoms with Crippen LogP contribution >= 0.6 is 0 Å². The molecule has 0 nitrogen and oxygen atoms in total. The lowest BCUT2D eigenvalue weighted by molar-refractivity contribution is 0.480. The Morgan fingerprint density at radius 1 is 0.964 bits per heavy atom. The van der Waals surface area contributed by atoms with Crippen molar-refractivity contribution in [3.05, 3.63) is 71.4 Å². The van der Waals surface area contributed by atoms with Crippen molar-refractivity contribution in [1.29, 1.82) is 0 Å². The van der Waals surface area contributed by atoms with Crippen molar-refractivity contribution < 1.29 is 0 Å². The van der Waals surface area contributed by atoms with Gasteiger partial charge in [-0.15, -0.1) is 0 Å². The van der Waals surface area contributed by atoms with Gasteiger partial charge in [-0.05, 0) is 64.4 Å². The number of allylic oxidation sites excluding steroid dienone is 11. The van der Waals surface area contributed by atoms with E-state index < -0.39 is 0 Å². The van der Waals surface area contributed by atoms with E-state index in [0.29, 0.717) is 5.92 Å². The lowest BCUT2D eigenvalue weighted by atomic mass is 9.78. The number of rotatable bonds is 13. The summed E-state index contributed by atoms with van der Waals surface area (Å²) in [5, 5.41) is 0. The minimum absolute atomic E-state index is 0.133. The predicted octanol–water partition coefficient (Wildman–Crippen LogP) is 9.54. The molecule has 0 amide bonds. The fourth-order valence-corrected chi connectivity index (χ4v) is 3.37. The Hall–Kier alpha value is -1.56. The maximum Gasteiger partial charge on any atom is 0.0230 e. The molecule has 0 saturated carbocycles. The van der Waals surface area contributed by atoms with Crippen molar-refractivity contribution in [3.63, 3.8) is 0 Å². The predicted molar refractivity (Wildman–Crippen MR) is 131 cm³/mol. The van der Waals surface area contributed by atoms with Crippen LogP contribution in [0.2, 0.25) is 0 Å². The molecule has 0 aromatic rings. The average Bonchev–Trinajstić information content (AvgIpc) is 2.60. The highest BCUT2D eigenvalue weighted by Gasteiger charge is 2.21. The molecule has 0 aromatic carbocycles. The van der Waals surface area contributed by atoms with E-state index in [4.69, 9.17) is 0 Å². The quantitative estimate of drug-likeness (QED) is 0.220. The van der Waals surface area contributed by atoms with Crippen LogP contribution < -0.4 is 0 Å². The number of hydrogen-bond donors (Lipinski definition) is 0. The third kappa shape index (κ3) is 11.3. The summed E-state index contributed by atoms with van der Waals surface area (Å²) < 4.78 is 0. The SMILES string of the molecule is C=C(C)CC(=CC(C)(C)CC=CC)C(C=CCCC)C(C=CCCC)=C(C)C. The summed E-state index contributed by atoms with van der Waals surface area (Å²) in [7, 11) is 0. The van der Waals surface area contributed by atoms with Crippen molar-refractivity contribution in [3.8, 4) is 0 Å². The summed E-state index contributed by atoms with van der Waals surface area (Å²) in [5.74, 6) is 0.325. The Labute approximate surface area is 176 Å². The summed E-state index contributed by atoms with van der Waals surface area (Å²) in [4.78, 5) is 0. The van der Waals surface area contributed by atoms with Gasteiger partial charge in [0.1, 0.15) is 0 Å². The second-order valence-corrected chi connectivity index (χ2v) is 8.96. The average molecular weight is 383 g/mol. The molecule has 1 atom stereocenters. The third-order valence-corrected chi connectivity index (χ3v) is 4.81. The molecule has 0 bridgehead atoms. The lowest BCUT2D eigenvalue weighted by Crippen LogP contribution is -2.13. The van der Waals surface area contributed by atoms with Crippen LogP contribution in [-0.4, -0.2) is 0 Å². The fourth-order valence-electron chi connectivity index (χ4n) is 3.37. The maximum absolute atomic E-state index is 4.23. The summed E-state index contributed by atoms with van der Waals surface area (Å²) >= 11 is 0. The fraction of sp³-hybridized carbons (Fsp3) is 0.571. The summed E-state index contributed by atoms with van der Waals surface area (Å²) in [6.07, 6.45) is 23.1. The zero-order valence-corrected chi connectivity index (χ0v) is 20.1. The van der Waals surface area contributed by atoms with Gasteiger partial charge in [-0.2, -0.15) is 0 Å². The Kier molecular flexibility index (Phi) is 13.6. The minimum Gasteiger partial charge on any atom is -0.0998 e. The highest BCUT2D eigenvalue weighted by molar-refractivity contribution is 5.39. The molecule has 0 aliphatic rings. The largest absolute Gasteiger partial charge is 0.0998 e. The highest BCUT2D eigenvalue weighted by atomic mass is 14.3. The van der Waals surface area contributed by atoms with Gasteiger partial charge < -0.3 is 0 Å². The molecule has 0 heterocycles. The lowest BCUT2D eigenvalue weighted by Gasteiger charge is -2.26. The first-order valence-corrected chi connectivity index (χ1v) is 11.2. The van der Waals surface area contributed by atoms with Crippen LogP contribution in [0.25, 0.3) is 0 Å². The molecular formula is C28H46. The molecule has 158 valence electrons. The van der Waals surface area contributed by atoms with Crippen molar-refractivity contribution in [1.82, 2.24) is 0 Å². The minimum atomic E-state index is 0.133. The van der Waals surface area contributed by atoms with Gasteiger partial charge in [0.05, 0.1) is 0 Å². The second-order valence-electron chi connectivity index (χ2n) is 8.96. The van der Waals surface area contributed by atoms with E-state index >= 15 is 0 Å². The van der Waals surface area contributed by atoms with Crippen LogP contribution in [0.5, 0.6) is 0 Å². The van der Waals surface area contributed by atoms with Crippen molar-refractivity contribution in [2.45, 2.75) is 93.9 Å². The van der Waals surface area contributed by atoms with Gasteiger partial charge >= 0.3 is 0 Å². The zero-order chi connectivity index (χ0) is 21.6. The molecule has 0 spiro atoms. The number of hydrogen-bond acceptors (Lipinski definition) is 0. The van der Waals surface area contributed by atoms with E-state index in [9.17, 15) is 0 Å². The molecule has 0 fully saturated rings. The van der Waals surface area contributed by atoms with Gasteiger partial charge in [-0.3, -0.25) is 0 Å². The van der Waals surface area contributed by atoms with Gasteiger partial charge in [-0.1, -0.05) is 106 Å². The molecule has 0 radical (unpaired) electrons. The first-order valence-electron chi connectivity index (χ1n) is 11.2. The third-order valence-electron chi connectivity index (χ3n) is 4.81. The molecule has 0 aliphatic heterocycles. The zero-order valence-electron chi connectivity index (χ0n) is 20.1. The maximum atomic E-state index is 4.23. The molecule has 0 N–H and O–H groups in total. The molecule has 1 unspecified atom stereocenters. The molecule has 0 aliphatic carbocycles. The molecule has 0 aromatic heterocycles. The Morgan fingerprint density at radius 2 is 1.57 bits per heavy atom. The van der Waals surface area contributed by atoms with Gasteiger partial charge in [-0.25, -0.2) is 0 Å². The van der Waals surface area contributed by atoms with Crippen LogP contribution in [0.15, 0.2) is 71.4 Å². The second kappa shape index (κ2) is 14.4. The van der Waals surface area contributed by atoms with Crippen LogP contribution in [0, 0.1) is 11.3 Å². The summed E-state index contributed by atoms with van der Waals surface area (Å²) in [6, 6.07) is 0. The standard InChI is InChI=1S/C28H46/c1-10-13-16-18-26(24(6)7)27(19-17-14-11-2)25(21-23(4)5)22-28(8,9)20-15-12-3/h12,15-19,22,27H,4,10-11,13-14,20-21H2,1-3,5-9H3. The van der Waals surface area contributed by atoms with Gasteiger partial charge in [0.25, 0.3) is 0 Å². The smallest absolute Gasteiger partial charge is 0.0230 e. The van der Waals surface area contributed by atoms with E-state index in [1.54, 1.807) is 0 Å². The van der Waals surface area contributed by atoms with Gasteiger partial charge in [0, 0.05) is 5.92 Å². The van der Waals surface area contributed by atoms with Gasteiger partial charge in [0.15, 0.2) is 0 Å². The van der Waals surface area contributed by atoms with Crippen molar-refractivity contribution in [2.24, 2.45) is 11.3 Å². The van der Waals surface area contributed by atoms with Gasteiger partial charge in [0.2, 0.25) is 0 Å². The van der Waals surface area contributed by atoms with E-state index in [-0.39, 0.29) is 5.41 Å². The Balaban J connectivity index is 6.30. The van der Waals surface area contributed by atoms with Crippen LogP contribution in [0.1, 0.15) is 93.9 Å². The first kappa shape index (κ1) is 26.4. The van der Waals surface area contributed by atoms with E-state index in [2.05, 4.69) is 105 Å². The normalized spacial score (nSPS) is 14.4. The van der Waals surface area contributed by atoms with Crippen LogP contribution in [0.3, 0.4) is 0 Å². The van der Waals surface area contributed by atoms with E-state index in [0.717, 1.165) is 25.7 Å². The topological polar surface area (TPSA) is 0 Å². The Bertz CT molecular complexity index is 598. The first-order chi connectivity index (χ1) is 13.2. The highest BCUT2D eigenvalue weighted by Crippen LogP contribution is 2.35. The van der Waals surface area contributed by atoms with E-state index in [1.807, 2.05) is 0 Å². The van der Waals surface area contributed by atoms with Crippen LogP contribution in [0.4, 0.5) is 0 Å². The summed E-state index contributed by atoms with van der Waals surface area (Å²) in [5.41, 5.74) is 5.68. The van der Waals surface area contributed by atoms with E-state index in [1.165, 1.54) is 35.1 Å². The molecular weight excluding hydrogens is 336 g/mol. The molecule has 28 heavy (non-hydrogen) atoms. The van der Waals surface area contributed by atoms with Crippen LogP contribution in [-0.2, 0) is 0 Å². The molecule has 0 rings (SSSR count). The number of unbranched alkanes of at least 4 members (excludes halogenated alkanes) is 2. The summed E-state index contributed by atoms with van der Waals surface area (Å²) in [6.45, 7) is 22.1.